The summed E-state index contributed by atoms with van der Waals surface area (Å²) < 4.78 is 38.3. The van der Waals surface area contributed by atoms with Gasteiger partial charge in [-0.15, -0.1) is 0 Å². The third-order valence-electron chi connectivity index (χ3n) is 5.45. The molecule has 2 aliphatic rings. The van der Waals surface area contributed by atoms with Gasteiger partial charge < -0.3 is 19.7 Å². The number of carbonyl (C=O) groups excluding carboxylic acids is 1. The average molecular weight is 446 g/mol. The first-order valence-corrected chi connectivity index (χ1v) is 11.9. The summed E-state index contributed by atoms with van der Waals surface area (Å²) in [6.45, 7) is 4.06. The summed E-state index contributed by atoms with van der Waals surface area (Å²) in [5.74, 6) is -0.296. The van der Waals surface area contributed by atoms with Crippen molar-refractivity contribution in [1.29, 1.82) is 0 Å². The summed E-state index contributed by atoms with van der Waals surface area (Å²) in [6.07, 6.45) is 1.73. The van der Waals surface area contributed by atoms with Crippen LogP contribution in [0.5, 0.6) is 0 Å². The fourth-order valence-electron chi connectivity index (χ4n) is 3.66. The molecule has 0 saturated carbocycles. The summed E-state index contributed by atoms with van der Waals surface area (Å²) in [5, 5.41) is 2.85. The molecule has 1 amide bonds. The van der Waals surface area contributed by atoms with Gasteiger partial charge in [0.05, 0.1) is 24.2 Å². The standard InChI is InChI=1S/C22H27N3O5S/c26-22(24-18-5-7-19(8-6-18)25-11-14-29-15-12-25)17-3-9-21(10-4-17)31(27,28)23-16-20-2-1-13-30-20/h3-10,20,23H,1-2,11-16H2,(H,24,26)/t20-/m1/s1. The molecule has 2 saturated heterocycles. The van der Waals surface area contributed by atoms with Crippen molar-refractivity contribution in [3.8, 4) is 0 Å². The zero-order chi connectivity index (χ0) is 21.7. The average Bonchev–Trinajstić information content (AvgIpc) is 3.33. The summed E-state index contributed by atoms with van der Waals surface area (Å²) in [6, 6.07) is 13.6. The molecule has 9 heteroatoms. The van der Waals surface area contributed by atoms with E-state index in [4.69, 9.17) is 9.47 Å². The number of morpholine rings is 1. The molecule has 4 rings (SSSR count). The number of sulfonamides is 1. The van der Waals surface area contributed by atoms with Crippen molar-refractivity contribution >= 4 is 27.3 Å². The smallest absolute Gasteiger partial charge is 0.255 e. The van der Waals surface area contributed by atoms with Crippen molar-refractivity contribution in [1.82, 2.24) is 4.72 Å². The van der Waals surface area contributed by atoms with Gasteiger partial charge in [0.2, 0.25) is 10.0 Å². The van der Waals surface area contributed by atoms with Crippen LogP contribution in [-0.4, -0.2) is 59.9 Å². The van der Waals surface area contributed by atoms with Crippen LogP contribution in [0, 0.1) is 0 Å². The van der Waals surface area contributed by atoms with Gasteiger partial charge in [-0.05, 0) is 61.4 Å². The molecule has 0 unspecified atom stereocenters. The highest BCUT2D eigenvalue weighted by Gasteiger charge is 2.20. The molecule has 0 aromatic heterocycles. The molecule has 0 spiro atoms. The van der Waals surface area contributed by atoms with Crippen LogP contribution in [0.3, 0.4) is 0 Å². The minimum atomic E-state index is -3.64. The molecule has 0 radical (unpaired) electrons. The van der Waals surface area contributed by atoms with Crippen LogP contribution in [0.2, 0.25) is 0 Å². The number of nitrogens with one attached hydrogen (secondary N) is 2. The van der Waals surface area contributed by atoms with Gasteiger partial charge >= 0.3 is 0 Å². The zero-order valence-electron chi connectivity index (χ0n) is 17.2. The highest BCUT2D eigenvalue weighted by Crippen LogP contribution is 2.20. The van der Waals surface area contributed by atoms with Gasteiger partial charge in [0.1, 0.15) is 0 Å². The molecule has 0 bridgehead atoms. The number of benzene rings is 2. The Kier molecular flexibility index (Phi) is 6.86. The quantitative estimate of drug-likeness (QED) is 0.679. The molecule has 8 nitrogen and oxygen atoms in total. The van der Waals surface area contributed by atoms with E-state index in [2.05, 4.69) is 14.9 Å². The lowest BCUT2D eigenvalue weighted by atomic mass is 10.2. The highest BCUT2D eigenvalue weighted by atomic mass is 32.2. The topological polar surface area (TPSA) is 97.0 Å². The van der Waals surface area contributed by atoms with E-state index in [1.54, 1.807) is 0 Å². The van der Waals surface area contributed by atoms with Crippen LogP contribution >= 0.6 is 0 Å². The van der Waals surface area contributed by atoms with Crippen LogP contribution < -0.4 is 14.9 Å². The zero-order valence-corrected chi connectivity index (χ0v) is 18.1. The second-order valence-corrected chi connectivity index (χ2v) is 9.38. The van der Waals surface area contributed by atoms with E-state index in [0.717, 1.165) is 31.6 Å². The van der Waals surface area contributed by atoms with Gasteiger partial charge in [0, 0.05) is 43.2 Å². The van der Waals surface area contributed by atoms with Crippen LogP contribution in [0.1, 0.15) is 23.2 Å². The fourth-order valence-corrected chi connectivity index (χ4v) is 4.72. The SMILES string of the molecule is O=C(Nc1ccc(N2CCOCC2)cc1)c1ccc(S(=O)(=O)NC[C@H]2CCCO2)cc1. The molecule has 2 N–H and O–H groups in total. The van der Waals surface area contributed by atoms with E-state index in [1.165, 1.54) is 24.3 Å². The van der Waals surface area contributed by atoms with Crippen LogP contribution in [0.25, 0.3) is 0 Å². The van der Waals surface area contributed by atoms with E-state index in [0.29, 0.717) is 31.1 Å². The van der Waals surface area contributed by atoms with Gasteiger partial charge in [0.15, 0.2) is 0 Å². The van der Waals surface area contributed by atoms with Crippen LogP contribution in [-0.2, 0) is 19.5 Å². The van der Waals surface area contributed by atoms with Crippen molar-refractivity contribution in [3.05, 3.63) is 54.1 Å². The van der Waals surface area contributed by atoms with Crippen molar-refractivity contribution in [2.75, 3.05) is 49.7 Å². The third kappa shape index (κ3) is 5.62. The highest BCUT2D eigenvalue weighted by molar-refractivity contribution is 7.89. The van der Waals surface area contributed by atoms with Gasteiger partial charge in [-0.25, -0.2) is 13.1 Å². The van der Waals surface area contributed by atoms with E-state index in [1.807, 2.05) is 24.3 Å². The van der Waals surface area contributed by atoms with E-state index in [9.17, 15) is 13.2 Å². The van der Waals surface area contributed by atoms with E-state index in [-0.39, 0.29) is 23.5 Å². The summed E-state index contributed by atoms with van der Waals surface area (Å²) in [4.78, 5) is 14.9. The number of amides is 1. The lowest BCUT2D eigenvalue weighted by Gasteiger charge is -2.28. The molecule has 2 aromatic carbocycles. The molecule has 2 fully saturated rings. The largest absolute Gasteiger partial charge is 0.378 e. The number of hydrogen-bond donors (Lipinski definition) is 2. The molecule has 31 heavy (non-hydrogen) atoms. The second kappa shape index (κ2) is 9.78. The predicted octanol–water partition coefficient (Wildman–Crippen LogP) is 2.23. The Balaban J connectivity index is 1.34. The monoisotopic (exact) mass is 445 g/mol. The normalized spacial score (nSPS) is 19.4. The Morgan fingerprint density at radius 3 is 2.35 bits per heavy atom. The van der Waals surface area contributed by atoms with Gasteiger partial charge in [0.25, 0.3) is 5.91 Å². The fraction of sp³-hybridized carbons (Fsp3) is 0.409. The Morgan fingerprint density at radius 1 is 1.00 bits per heavy atom. The first-order valence-electron chi connectivity index (χ1n) is 10.5. The van der Waals surface area contributed by atoms with Crippen molar-refractivity contribution < 1.29 is 22.7 Å². The Hall–Kier alpha value is -2.46. The van der Waals surface area contributed by atoms with Crippen LogP contribution in [0.15, 0.2) is 53.4 Å². The lowest BCUT2D eigenvalue weighted by molar-refractivity contribution is 0.102. The molecular weight excluding hydrogens is 418 g/mol. The summed E-state index contributed by atoms with van der Waals surface area (Å²) in [5.41, 5.74) is 2.15. The first-order chi connectivity index (χ1) is 15.0. The minimum Gasteiger partial charge on any atom is -0.378 e. The van der Waals surface area contributed by atoms with Crippen molar-refractivity contribution in [2.24, 2.45) is 0 Å². The van der Waals surface area contributed by atoms with E-state index < -0.39 is 10.0 Å². The number of nitrogens with zero attached hydrogens (tertiary/aromatic N) is 1. The number of hydrogen-bond acceptors (Lipinski definition) is 6. The molecule has 2 aliphatic heterocycles. The maximum absolute atomic E-state index is 12.5. The Morgan fingerprint density at radius 2 is 1.71 bits per heavy atom. The number of ether oxygens (including phenoxy) is 2. The predicted molar refractivity (Wildman–Crippen MR) is 118 cm³/mol. The molecule has 166 valence electrons. The third-order valence-corrected chi connectivity index (χ3v) is 6.89. The van der Waals surface area contributed by atoms with Gasteiger partial charge in [-0.2, -0.15) is 0 Å². The molecule has 2 heterocycles. The maximum Gasteiger partial charge on any atom is 0.255 e. The summed E-state index contributed by atoms with van der Waals surface area (Å²) in [7, 11) is -3.64. The van der Waals surface area contributed by atoms with Gasteiger partial charge in [-0.1, -0.05) is 0 Å². The maximum atomic E-state index is 12.5. The molecule has 1 atom stereocenters. The van der Waals surface area contributed by atoms with Gasteiger partial charge in [-0.3, -0.25) is 4.79 Å². The lowest BCUT2D eigenvalue weighted by Crippen LogP contribution is -2.36. The number of anilines is 2. The Bertz CT molecular complexity index is 981. The molecular formula is C22H27N3O5S. The van der Waals surface area contributed by atoms with Crippen molar-refractivity contribution in [2.45, 2.75) is 23.8 Å². The number of rotatable bonds is 7. The first kappa shape index (κ1) is 21.8. The van der Waals surface area contributed by atoms with Crippen molar-refractivity contribution in [3.63, 3.8) is 0 Å². The number of carbonyl (C=O) groups is 1. The second-order valence-electron chi connectivity index (χ2n) is 7.61. The molecule has 0 aliphatic carbocycles. The van der Waals surface area contributed by atoms with E-state index >= 15 is 0 Å². The minimum absolute atomic E-state index is 0.0746. The molecule has 2 aromatic rings. The summed E-state index contributed by atoms with van der Waals surface area (Å²) >= 11 is 0. The van der Waals surface area contributed by atoms with Crippen LogP contribution in [0.4, 0.5) is 11.4 Å². The Labute approximate surface area is 182 Å².